The van der Waals surface area contributed by atoms with E-state index in [-0.39, 0.29) is 41.8 Å². The Labute approximate surface area is 170 Å². The fourth-order valence-electron chi connectivity index (χ4n) is 3.40. The van der Waals surface area contributed by atoms with Crippen molar-refractivity contribution in [3.05, 3.63) is 0 Å². The summed E-state index contributed by atoms with van der Waals surface area (Å²) >= 11 is 0. The fraction of sp³-hybridized carbons (Fsp3) is 0.889. The summed E-state index contributed by atoms with van der Waals surface area (Å²) in [5.41, 5.74) is 0.137. The van der Waals surface area contributed by atoms with Crippen LogP contribution in [-0.2, 0) is 9.53 Å². The van der Waals surface area contributed by atoms with Gasteiger partial charge in [0.05, 0.1) is 6.10 Å². The molecule has 1 amide bonds. The molecule has 3 atom stereocenters. The van der Waals surface area contributed by atoms with Gasteiger partial charge in [0.25, 0.3) is 0 Å². The molecule has 0 radical (unpaired) electrons. The Morgan fingerprint density at radius 2 is 1.92 bits per heavy atom. The van der Waals surface area contributed by atoms with E-state index in [1.165, 1.54) is 0 Å². The van der Waals surface area contributed by atoms with Crippen LogP contribution in [0.4, 0.5) is 0 Å². The zero-order chi connectivity index (χ0) is 18.3. The van der Waals surface area contributed by atoms with Crippen LogP contribution >= 0.6 is 24.0 Å². The van der Waals surface area contributed by atoms with E-state index in [0.717, 1.165) is 31.6 Å². The van der Waals surface area contributed by atoms with Gasteiger partial charge in [-0.2, -0.15) is 0 Å². The van der Waals surface area contributed by atoms with E-state index >= 15 is 0 Å². The molecule has 6 nitrogen and oxygen atoms in total. The van der Waals surface area contributed by atoms with Crippen LogP contribution in [0.3, 0.4) is 0 Å². The Bertz CT molecular complexity index is 439. The summed E-state index contributed by atoms with van der Waals surface area (Å²) in [6.07, 6.45) is 4.39. The SMILES string of the molecule is CCC(C)NC(=NCC(=O)N(C)C)NC1CC(OC)C1(CC)CC.I. The standard InChI is InChI=1S/C18H36N4O2.HI/c1-8-13(4)20-17(19-12-16(23)22(5)6)21-14-11-15(24-7)18(14,9-2)10-3;/h13-15H,8-12H2,1-7H3,(H2,19,20,21);1H. The number of nitrogens with zero attached hydrogens (tertiary/aromatic N) is 2. The van der Waals surface area contributed by atoms with Gasteiger partial charge >= 0.3 is 0 Å². The van der Waals surface area contributed by atoms with Gasteiger partial charge in [0, 0.05) is 38.7 Å². The Hall–Kier alpha value is -0.570. The Morgan fingerprint density at radius 3 is 2.36 bits per heavy atom. The zero-order valence-corrected chi connectivity index (χ0v) is 19.2. The lowest BCUT2D eigenvalue weighted by molar-refractivity contribution is -0.127. The van der Waals surface area contributed by atoms with Crippen molar-refractivity contribution in [2.24, 2.45) is 10.4 Å². The first-order valence-corrected chi connectivity index (χ1v) is 9.14. The van der Waals surface area contributed by atoms with Crippen molar-refractivity contribution < 1.29 is 9.53 Å². The van der Waals surface area contributed by atoms with Crippen molar-refractivity contribution in [3.63, 3.8) is 0 Å². The molecular formula is C18H37IN4O2. The van der Waals surface area contributed by atoms with Crippen LogP contribution < -0.4 is 10.6 Å². The molecule has 0 aromatic rings. The third-order valence-electron chi connectivity index (χ3n) is 5.56. The average molecular weight is 468 g/mol. The number of carbonyl (C=O) groups is 1. The van der Waals surface area contributed by atoms with E-state index in [9.17, 15) is 4.79 Å². The molecule has 0 aromatic heterocycles. The molecule has 7 heteroatoms. The molecule has 2 N–H and O–H groups in total. The molecule has 25 heavy (non-hydrogen) atoms. The summed E-state index contributed by atoms with van der Waals surface area (Å²) < 4.78 is 5.67. The summed E-state index contributed by atoms with van der Waals surface area (Å²) in [6, 6.07) is 0.629. The number of guanidine groups is 1. The molecule has 1 saturated carbocycles. The third-order valence-corrected chi connectivity index (χ3v) is 5.56. The Morgan fingerprint density at radius 1 is 1.32 bits per heavy atom. The molecule has 0 spiro atoms. The largest absolute Gasteiger partial charge is 0.381 e. The van der Waals surface area contributed by atoms with Gasteiger partial charge in [-0.3, -0.25) is 4.79 Å². The number of rotatable bonds is 8. The third kappa shape index (κ3) is 5.98. The number of aliphatic imine (C=N–C) groups is 1. The maximum Gasteiger partial charge on any atom is 0.243 e. The van der Waals surface area contributed by atoms with E-state index < -0.39 is 0 Å². The van der Waals surface area contributed by atoms with Gasteiger partial charge in [0.1, 0.15) is 6.54 Å². The quantitative estimate of drug-likeness (QED) is 0.327. The highest BCUT2D eigenvalue weighted by atomic mass is 127. The van der Waals surface area contributed by atoms with Gasteiger partial charge in [-0.05, 0) is 32.6 Å². The van der Waals surface area contributed by atoms with E-state index in [0.29, 0.717) is 18.2 Å². The molecule has 1 rings (SSSR count). The number of amides is 1. The van der Waals surface area contributed by atoms with E-state index in [1.54, 1.807) is 26.1 Å². The molecule has 148 valence electrons. The van der Waals surface area contributed by atoms with E-state index in [4.69, 9.17) is 4.74 Å². The van der Waals surface area contributed by atoms with Gasteiger partial charge in [-0.15, -0.1) is 24.0 Å². The lowest BCUT2D eigenvalue weighted by Crippen LogP contribution is -2.65. The molecule has 1 fully saturated rings. The predicted octanol–water partition coefficient (Wildman–Crippen LogP) is 2.62. The molecule has 3 unspecified atom stereocenters. The lowest BCUT2D eigenvalue weighted by Gasteiger charge is -2.55. The van der Waals surface area contributed by atoms with Crippen molar-refractivity contribution in [2.45, 2.75) is 71.6 Å². The summed E-state index contributed by atoms with van der Waals surface area (Å²) in [6.45, 7) is 8.85. The van der Waals surface area contributed by atoms with Crippen LogP contribution in [0.15, 0.2) is 4.99 Å². The molecule has 0 aliphatic heterocycles. The van der Waals surface area contributed by atoms with Crippen LogP contribution in [0.5, 0.6) is 0 Å². The van der Waals surface area contributed by atoms with Gasteiger partial charge in [-0.1, -0.05) is 20.8 Å². The van der Waals surface area contributed by atoms with Gasteiger partial charge < -0.3 is 20.3 Å². The minimum Gasteiger partial charge on any atom is -0.381 e. The number of carbonyl (C=O) groups excluding carboxylic acids is 1. The fourth-order valence-corrected chi connectivity index (χ4v) is 3.40. The topological polar surface area (TPSA) is 66.0 Å². The molecule has 1 aliphatic rings. The number of likely N-dealkylation sites (N-methyl/N-ethyl adjacent to an activating group) is 1. The monoisotopic (exact) mass is 468 g/mol. The van der Waals surface area contributed by atoms with Gasteiger partial charge in [0.2, 0.25) is 5.91 Å². The molecular weight excluding hydrogens is 431 g/mol. The number of methoxy groups -OCH3 is 1. The predicted molar refractivity (Wildman–Crippen MR) is 115 cm³/mol. The van der Waals surface area contributed by atoms with Crippen LogP contribution in [-0.4, -0.2) is 62.7 Å². The maximum absolute atomic E-state index is 11.9. The number of hydrogen-bond donors (Lipinski definition) is 2. The smallest absolute Gasteiger partial charge is 0.243 e. The average Bonchev–Trinajstić information content (AvgIpc) is 2.56. The summed E-state index contributed by atoms with van der Waals surface area (Å²) in [5, 5.41) is 6.96. The number of nitrogens with one attached hydrogen (secondary N) is 2. The molecule has 0 saturated heterocycles. The van der Waals surface area contributed by atoms with Crippen LogP contribution in [0, 0.1) is 5.41 Å². The van der Waals surface area contributed by atoms with Crippen molar-refractivity contribution in [1.82, 2.24) is 15.5 Å². The number of halogens is 1. The van der Waals surface area contributed by atoms with Crippen molar-refractivity contribution >= 4 is 35.8 Å². The molecule has 0 aromatic carbocycles. The molecule has 0 heterocycles. The normalized spacial score (nSPS) is 23.1. The second-order valence-corrected chi connectivity index (χ2v) is 7.00. The Balaban J connectivity index is 0.00000576. The number of hydrogen-bond acceptors (Lipinski definition) is 3. The van der Waals surface area contributed by atoms with Crippen molar-refractivity contribution in [2.75, 3.05) is 27.7 Å². The second-order valence-electron chi connectivity index (χ2n) is 7.00. The van der Waals surface area contributed by atoms with Crippen molar-refractivity contribution in [3.8, 4) is 0 Å². The van der Waals surface area contributed by atoms with Gasteiger partial charge in [0.15, 0.2) is 5.96 Å². The molecule has 1 aliphatic carbocycles. The maximum atomic E-state index is 11.9. The molecule has 0 bridgehead atoms. The van der Waals surface area contributed by atoms with Crippen LogP contribution in [0.25, 0.3) is 0 Å². The first-order valence-electron chi connectivity index (χ1n) is 9.14. The first-order chi connectivity index (χ1) is 11.3. The summed E-state index contributed by atoms with van der Waals surface area (Å²) in [7, 11) is 5.30. The highest BCUT2D eigenvalue weighted by molar-refractivity contribution is 14.0. The highest BCUT2D eigenvalue weighted by Gasteiger charge is 2.53. The van der Waals surface area contributed by atoms with Crippen molar-refractivity contribution in [1.29, 1.82) is 0 Å². The zero-order valence-electron chi connectivity index (χ0n) is 16.9. The Kier molecular flexibility index (Phi) is 11.0. The minimum atomic E-state index is 0. The van der Waals surface area contributed by atoms with Gasteiger partial charge in [-0.25, -0.2) is 4.99 Å². The summed E-state index contributed by atoms with van der Waals surface area (Å²) in [4.78, 5) is 17.9. The van der Waals surface area contributed by atoms with E-state index in [2.05, 4.69) is 43.3 Å². The van der Waals surface area contributed by atoms with E-state index in [1.807, 2.05) is 0 Å². The van der Waals surface area contributed by atoms with Crippen LogP contribution in [0.2, 0.25) is 0 Å². The number of ether oxygens (including phenoxy) is 1. The van der Waals surface area contributed by atoms with Crippen LogP contribution in [0.1, 0.15) is 53.4 Å². The minimum absolute atomic E-state index is 0. The first kappa shape index (κ1) is 24.4. The summed E-state index contributed by atoms with van der Waals surface area (Å²) in [5.74, 6) is 0.728. The lowest BCUT2D eigenvalue weighted by atomic mass is 9.58. The second kappa shape index (κ2) is 11.2. The highest BCUT2D eigenvalue weighted by Crippen LogP contribution is 2.48.